The zero-order valence-electron chi connectivity index (χ0n) is 18.2. The number of nitrogens with zero attached hydrogens (tertiary/aromatic N) is 3. The van der Waals surface area contributed by atoms with Crippen molar-refractivity contribution in [3.05, 3.63) is 28.7 Å². The van der Waals surface area contributed by atoms with E-state index in [0.29, 0.717) is 19.4 Å². The Balaban J connectivity index is 1.36. The third-order valence-corrected chi connectivity index (χ3v) is 8.66. The van der Waals surface area contributed by atoms with Crippen molar-refractivity contribution in [2.24, 2.45) is 0 Å². The fourth-order valence-corrected chi connectivity index (χ4v) is 6.43. The Morgan fingerprint density at radius 3 is 2.41 bits per heavy atom. The molecule has 1 unspecified atom stereocenters. The minimum Gasteiger partial charge on any atom is -0.337 e. The van der Waals surface area contributed by atoms with Crippen LogP contribution < -0.4 is 4.72 Å². The number of hydrogen-bond acceptors (Lipinski definition) is 5. The number of benzene rings is 1. The number of carbonyl (C=O) groups excluding carboxylic acids is 2. The second-order valence-electron chi connectivity index (χ2n) is 8.92. The summed E-state index contributed by atoms with van der Waals surface area (Å²) in [6, 6.07) is 5.66. The lowest BCUT2D eigenvalue weighted by Gasteiger charge is -2.34. The molecule has 10 heteroatoms. The summed E-state index contributed by atoms with van der Waals surface area (Å²) in [5.41, 5.74) is 0. The van der Waals surface area contributed by atoms with Gasteiger partial charge in [0.1, 0.15) is 6.04 Å². The molecule has 3 saturated heterocycles. The van der Waals surface area contributed by atoms with Gasteiger partial charge in [-0.3, -0.25) is 9.59 Å². The SMILES string of the molecule is O=C1[C@@H](NS(=O)(=O)c2ccc(Br)cc2)CCCN1CC(=O)N1CCCC1CN1CCCC1. The van der Waals surface area contributed by atoms with Crippen LogP contribution in [0.1, 0.15) is 38.5 Å². The summed E-state index contributed by atoms with van der Waals surface area (Å²) in [5, 5.41) is 0. The normalized spacial score (nSPS) is 25.0. The van der Waals surface area contributed by atoms with Gasteiger partial charge in [-0.25, -0.2) is 8.42 Å². The second-order valence-corrected chi connectivity index (χ2v) is 11.6. The Morgan fingerprint density at radius 2 is 1.69 bits per heavy atom. The van der Waals surface area contributed by atoms with E-state index in [4.69, 9.17) is 0 Å². The standard InChI is InChI=1S/C22H31BrN4O4S/c23-17-7-9-19(10-8-17)32(30,31)24-20-6-4-13-26(22(20)29)16-21(28)27-14-3-5-18(27)15-25-11-1-2-12-25/h7-10,18,20,24H,1-6,11-16H2/t18?,20-/m0/s1. The number of amides is 2. The molecule has 3 aliphatic rings. The van der Waals surface area contributed by atoms with Gasteiger partial charge in [-0.1, -0.05) is 15.9 Å². The van der Waals surface area contributed by atoms with E-state index in [1.54, 1.807) is 12.1 Å². The van der Waals surface area contributed by atoms with Crippen LogP contribution in [0.4, 0.5) is 0 Å². The second kappa shape index (κ2) is 10.2. The highest BCUT2D eigenvalue weighted by molar-refractivity contribution is 9.10. The zero-order valence-corrected chi connectivity index (χ0v) is 20.6. The van der Waals surface area contributed by atoms with E-state index in [9.17, 15) is 18.0 Å². The van der Waals surface area contributed by atoms with Crippen LogP contribution in [0.25, 0.3) is 0 Å². The highest BCUT2D eigenvalue weighted by Crippen LogP contribution is 2.22. The molecule has 0 aliphatic carbocycles. The summed E-state index contributed by atoms with van der Waals surface area (Å²) >= 11 is 3.29. The van der Waals surface area contributed by atoms with Gasteiger partial charge in [0.2, 0.25) is 21.8 Å². The summed E-state index contributed by atoms with van der Waals surface area (Å²) in [6.07, 6.45) is 5.53. The van der Waals surface area contributed by atoms with E-state index in [0.717, 1.165) is 43.5 Å². The summed E-state index contributed by atoms with van der Waals surface area (Å²) in [4.78, 5) is 32.1. The van der Waals surface area contributed by atoms with Gasteiger partial charge in [0.05, 0.1) is 11.4 Å². The molecule has 176 valence electrons. The fraction of sp³-hybridized carbons (Fsp3) is 0.636. The van der Waals surface area contributed by atoms with Crippen LogP contribution in [0, 0.1) is 0 Å². The van der Waals surface area contributed by atoms with Crippen LogP contribution in [0.15, 0.2) is 33.6 Å². The predicted octanol–water partition coefficient (Wildman–Crippen LogP) is 1.81. The maximum absolute atomic E-state index is 13.1. The largest absolute Gasteiger partial charge is 0.337 e. The van der Waals surface area contributed by atoms with Crippen LogP contribution in [0.5, 0.6) is 0 Å². The number of carbonyl (C=O) groups is 2. The van der Waals surface area contributed by atoms with Crippen molar-refractivity contribution in [3.8, 4) is 0 Å². The van der Waals surface area contributed by atoms with Crippen molar-refractivity contribution < 1.29 is 18.0 Å². The van der Waals surface area contributed by atoms with Crippen LogP contribution in [-0.4, -0.2) is 86.3 Å². The first kappa shape index (κ1) is 23.7. The lowest BCUT2D eigenvalue weighted by Crippen LogP contribution is -2.55. The molecule has 1 aromatic carbocycles. The lowest BCUT2D eigenvalue weighted by molar-refractivity contribution is -0.143. The van der Waals surface area contributed by atoms with Crippen LogP contribution >= 0.6 is 15.9 Å². The molecular formula is C22H31BrN4O4S. The first-order chi connectivity index (χ1) is 15.3. The quantitative estimate of drug-likeness (QED) is 0.585. The molecule has 3 aliphatic heterocycles. The molecule has 32 heavy (non-hydrogen) atoms. The molecular weight excluding hydrogens is 496 g/mol. The highest BCUT2D eigenvalue weighted by Gasteiger charge is 2.36. The van der Waals surface area contributed by atoms with Gasteiger partial charge in [0.25, 0.3) is 0 Å². The van der Waals surface area contributed by atoms with Crippen molar-refractivity contribution in [2.45, 2.75) is 55.5 Å². The van der Waals surface area contributed by atoms with Crippen molar-refractivity contribution in [2.75, 3.05) is 39.3 Å². The van der Waals surface area contributed by atoms with Crippen molar-refractivity contribution in [3.63, 3.8) is 0 Å². The van der Waals surface area contributed by atoms with Crippen LogP contribution in [0.3, 0.4) is 0 Å². The maximum atomic E-state index is 13.1. The maximum Gasteiger partial charge on any atom is 0.242 e. The van der Waals surface area contributed by atoms with E-state index >= 15 is 0 Å². The van der Waals surface area contributed by atoms with Gasteiger partial charge >= 0.3 is 0 Å². The van der Waals surface area contributed by atoms with Gasteiger partial charge in [0, 0.05) is 30.1 Å². The van der Waals surface area contributed by atoms with Crippen molar-refractivity contribution in [1.82, 2.24) is 19.4 Å². The Labute approximate surface area is 198 Å². The smallest absolute Gasteiger partial charge is 0.242 e. The van der Waals surface area contributed by atoms with Gasteiger partial charge in [-0.05, 0) is 75.9 Å². The highest BCUT2D eigenvalue weighted by atomic mass is 79.9. The molecule has 1 N–H and O–H groups in total. The number of hydrogen-bond donors (Lipinski definition) is 1. The number of nitrogens with one attached hydrogen (secondary N) is 1. The Kier molecular flexibility index (Phi) is 7.54. The number of piperidine rings is 1. The first-order valence-electron chi connectivity index (χ1n) is 11.4. The molecule has 0 radical (unpaired) electrons. The molecule has 0 spiro atoms. The third kappa shape index (κ3) is 5.52. The van der Waals surface area contributed by atoms with Crippen LogP contribution in [0.2, 0.25) is 0 Å². The Hall–Kier alpha value is -1.49. The Morgan fingerprint density at radius 1 is 1.00 bits per heavy atom. The molecule has 2 atom stereocenters. The number of sulfonamides is 1. The van der Waals surface area contributed by atoms with Gasteiger partial charge < -0.3 is 14.7 Å². The van der Waals surface area contributed by atoms with E-state index in [-0.39, 0.29) is 29.3 Å². The zero-order chi connectivity index (χ0) is 22.7. The monoisotopic (exact) mass is 526 g/mol. The summed E-state index contributed by atoms with van der Waals surface area (Å²) in [6.45, 7) is 4.35. The van der Waals surface area contributed by atoms with Crippen molar-refractivity contribution >= 4 is 37.8 Å². The predicted molar refractivity (Wildman–Crippen MR) is 124 cm³/mol. The Bertz CT molecular complexity index is 934. The molecule has 0 bridgehead atoms. The van der Waals surface area contributed by atoms with Gasteiger partial charge in [0.15, 0.2) is 0 Å². The number of rotatable bonds is 7. The summed E-state index contributed by atoms with van der Waals surface area (Å²) < 4.78 is 28.8. The molecule has 0 aromatic heterocycles. The topological polar surface area (TPSA) is 90.0 Å². The average molecular weight is 527 g/mol. The summed E-state index contributed by atoms with van der Waals surface area (Å²) in [7, 11) is -3.82. The lowest BCUT2D eigenvalue weighted by atomic mass is 10.1. The van der Waals surface area contributed by atoms with E-state index in [2.05, 4.69) is 25.6 Å². The molecule has 0 saturated carbocycles. The van der Waals surface area contributed by atoms with E-state index in [1.165, 1.54) is 29.9 Å². The first-order valence-corrected chi connectivity index (χ1v) is 13.7. The molecule has 8 nitrogen and oxygen atoms in total. The van der Waals surface area contributed by atoms with Crippen molar-refractivity contribution in [1.29, 1.82) is 0 Å². The third-order valence-electron chi connectivity index (χ3n) is 6.64. The van der Waals surface area contributed by atoms with E-state index < -0.39 is 16.1 Å². The summed E-state index contributed by atoms with van der Waals surface area (Å²) in [5.74, 6) is -0.350. The van der Waals surface area contributed by atoms with E-state index in [1.807, 2.05) is 4.90 Å². The molecule has 2 amide bonds. The van der Waals surface area contributed by atoms with Crippen LogP contribution in [-0.2, 0) is 19.6 Å². The minimum absolute atomic E-state index is 0.0197. The van der Waals surface area contributed by atoms with Gasteiger partial charge in [-0.15, -0.1) is 0 Å². The number of likely N-dealkylation sites (tertiary alicyclic amines) is 3. The van der Waals surface area contributed by atoms with Gasteiger partial charge in [-0.2, -0.15) is 4.72 Å². The molecule has 4 rings (SSSR count). The minimum atomic E-state index is -3.82. The molecule has 3 fully saturated rings. The molecule has 3 heterocycles. The average Bonchev–Trinajstić information content (AvgIpc) is 3.44. The fourth-order valence-electron chi connectivity index (χ4n) is 4.95. The number of halogens is 1. The molecule has 1 aromatic rings.